The molecular weight excluding hydrogens is 632 g/mol. The summed E-state index contributed by atoms with van der Waals surface area (Å²) in [4.78, 5) is 16.4. The molecule has 0 aromatic heterocycles. The van der Waals surface area contributed by atoms with Crippen molar-refractivity contribution in [3.05, 3.63) is 138 Å². The minimum atomic E-state index is 0. The van der Waals surface area contributed by atoms with Crippen molar-refractivity contribution in [2.24, 2.45) is 4.99 Å². The van der Waals surface area contributed by atoms with Gasteiger partial charge in [0.2, 0.25) is 0 Å². The van der Waals surface area contributed by atoms with Crippen LogP contribution < -0.4 is 0 Å². The van der Waals surface area contributed by atoms with E-state index in [4.69, 9.17) is 51.5 Å². The lowest BCUT2D eigenvalue weighted by atomic mass is 9.78. The van der Waals surface area contributed by atoms with Crippen molar-refractivity contribution < 1.29 is 9.90 Å². The van der Waals surface area contributed by atoms with Crippen molar-refractivity contribution in [1.29, 1.82) is 0 Å². The molecule has 0 bridgehead atoms. The number of ketones is 1. The normalized spacial score (nSPS) is 17.9. The number of fused-ring (bicyclic) bond motifs is 2. The van der Waals surface area contributed by atoms with E-state index in [9.17, 15) is 4.79 Å². The zero-order valence-corrected chi connectivity index (χ0v) is 27.1. The Hall–Kier alpha value is -2.37. The van der Waals surface area contributed by atoms with Gasteiger partial charge in [-0.05, 0) is 71.3 Å². The van der Waals surface area contributed by atoms with Crippen LogP contribution in [0.25, 0.3) is 0 Å². The molecule has 0 saturated carbocycles. The first kappa shape index (κ1) is 34.1. The van der Waals surface area contributed by atoms with Gasteiger partial charge in [-0.2, -0.15) is 0 Å². The molecule has 0 aliphatic heterocycles. The number of halogens is 5. The second kappa shape index (κ2) is 15.9. The third-order valence-electron chi connectivity index (χ3n) is 7.58. The molecule has 0 radical (unpaired) electrons. The SMILES string of the molecule is CN=C1CC[C@@H](c2ccc(Cl)c(Cl)c2)c2ccccc21.CO.Cl.O=C1CC[C@@H](c2ccc(Cl)c(Cl)c2)c2ccccc21. The first-order valence-corrected chi connectivity index (χ1v) is 14.9. The van der Waals surface area contributed by atoms with Crippen LogP contribution in [-0.2, 0) is 0 Å². The van der Waals surface area contributed by atoms with Crippen LogP contribution in [-0.4, -0.2) is 30.8 Å². The van der Waals surface area contributed by atoms with Crippen LogP contribution >= 0.6 is 58.8 Å². The van der Waals surface area contributed by atoms with Crippen LogP contribution in [0.3, 0.4) is 0 Å². The molecule has 8 heteroatoms. The second-order valence-corrected chi connectivity index (χ2v) is 11.4. The van der Waals surface area contributed by atoms with Crippen LogP contribution in [0.4, 0.5) is 0 Å². The van der Waals surface area contributed by atoms with E-state index >= 15 is 0 Å². The fourth-order valence-corrected chi connectivity index (χ4v) is 6.25. The minimum absolute atomic E-state index is 0. The Morgan fingerprint density at radius 3 is 1.60 bits per heavy atom. The average molecular weight is 664 g/mol. The molecule has 0 unspecified atom stereocenters. The van der Waals surface area contributed by atoms with Gasteiger partial charge in [0, 0.05) is 43.7 Å². The smallest absolute Gasteiger partial charge is 0.163 e. The predicted molar refractivity (Wildman–Crippen MR) is 180 cm³/mol. The quantitative estimate of drug-likeness (QED) is 0.232. The summed E-state index contributed by atoms with van der Waals surface area (Å²) in [6.45, 7) is 0. The third kappa shape index (κ3) is 7.58. The molecule has 0 spiro atoms. The van der Waals surface area contributed by atoms with E-state index < -0.39 is 0 Å². The van der Waals surface area contributed by atoms with Gasteiger partial charge in [-0.25, -0.2) is 0 Å². The number of aliphatic hydroxyl groups excluding tert-OH is 1. The van der Waals surface area contributed by atoms with Crippen LogP contribution in [0, 0.1) is 0 Å². The number of carbonyl (C=O) groups is 1. The van der Waals surface area contributed by atoms with E-state index in [1.54, 1.807) is 0 Å². The molecule has 220 valence electrons. The molecule has 2 atom stereocenters. The van der Waals surface area contributed by atoms with Crippen LogP contribution in [0.15, 0.2) is 89.9 Å². The Kier molecular flexibility index (Phi) is 12.9. The van der Waals surface area contributed by atoms with Gasteiger partial charge in [-0.3, -0.25) is 9.79 Å². The maximum absolute atomic E-state index is 11.9. The largest absolute Gasteiger partial charge is 0.400 e. The molecule has 4 aromatic carbocycles. The minimum Gasteiger partial charge on any atom is -0.400 e. The molecule has 0 heterocycles. The zero-order valence-electron chi connectivity index (χ0n) is 23.3. The predicted octanol–water partition coefficient (Wildman–Crippen LogP) is 10.5. The van der Waals surface area contributed by atoms with E-state index in [-0.39, 0.29) is 24.1 Å². The number of hydrogen-bond acceptors (Lipinski definition) is 3. The number of aliphatic imine (C=N–C) groups is 1. The van der Waals surface area contributed by atoms with E-state index in [0.717, 1.165) is 43.1 Å². The highest BCUT2D eigenvalue weighted by atomic mass is 35.5. The summed E-state index contributed by atoms with van der Waals surface area (Å²) in [5.41, 5.74) is 8.06. The number of aliphatic hydroxyl groups is 1. The highest BCUT2D eigenvalue weighted by Crippen LogP contribution is 2.40. The first-order valence-electron chi connectivity index (χ1n) is 13.4. The van der Waals surface area contributed by atoms with Crippen molar-refractivity contribution >= 4 is 70.3 Å². The average Bonchev–Trinajstić information content (AvgIpc) is 3.01. The van der Waals surface area contributed by atoms with Crippen LogP contribution in [0.1, 0.15) is 75.7 Å². The Morgan fingerprint density at radius 2 is 1.10 bits per heavy atom. The molecule has 4 aromatic rings. The number of benzene rings is 4. The highest BCUT2D eigenvalue weighted by Gasteiger charge is 2.27. The number of rotatable bonds is 2. The Bertz CT molecular complexity index is 1570. The monoisotopic (exact) mass is 661 g/mol. The fraction of sp³-hybridized carbons (Fsp3) is 0.235. The summed E-state index contributed by atoms with van der Waals surface area (Å²) in [5, 5.41) is 9.35. The first-order chi connectivity index (χ1) is 19.9. The van der Waals surface area contributed by atoms with E-state index in [1.807, 2.05) is 61.6 Å². The van der Waals surface area contributed by atoms with Gasteiger partial charge >= 0.3 is 0 Å². The molecule has 2 aliphatic carbocycles. The van der Waals surface area contributed by atoms with Gasteiger partial charge in [0.15, 0.2) is 5.78 Å². The van der Waals surface area contributed by atoms with Gasteiger partial charge in [0.1, 0.15) is 0 Å². The standard InChI is InChI=1S/C17H15Cl2N.C16H12Cl2O.CH4O.ClH/c1-20-17-9-7-12(13-4-2-3-5-14(13)17)11-6-8-15(18)16(19)10-11;17-14-7-5-10(9-15(14)18)11-6-8-16(19)13-4-2-1-3-12(11)13;1-2;/h2-6,8,10,12H,7,9H2,1H3;1-5,7,9,11H,6,8H2;2H,1H3;1H/t12-;11-;;/m00../s1. The van der Waals surface area contributed by atoms with Crippen LogP contribution in [0.2, 0.25) is 20.1 Å². The summed E-state index contributed by atoms with van der Waals surface area (Å²) < 4.78 is 0. The van der Waals surface area contributed by atoms with Crippen molar-refractivity contribution in [1.82, 2.24) is 0 Å². The maximum Gasteiger partial charge on any atom is 0.163 e. The Balaban J connectivity index is 0.000000213. The van der Waals surface area contributed by atoms with E-state index in [1.165, 1.54) is 22.4 Å². The molecule has 1 N–H and O–H groups in total. The molecule has 0 fully saturated rings. The van der Waals surface area contributed by atoms with E-state index in [2.05, 4.69) is 35.3 Å². The number of hydrogen-bond donors (Lipinski definition) is 1. The van der Waals surface area contributed by atoms with Gasteiger partial charge in [-0.1, -0.05) is 107 Å². The Morgan fingerprint density at radius 1 is 0.643 bits per heavy atom. The fourth-order valence-electron chi connectivity index (χ4n) is 5.64. The van der Waals surface area contributed by atoms with Gasteiger partial charge < -0.3 is 5.11 Å². The van der Waals surface area contributed by atoms with Crippen LogP contribution in [0.5, 0.6) is 0 Å². The molecule has 42 heavy (non-hydrogen) atoms. The topological polar surface area (TPSA) is 49.7 Å². The summed E-state index contributed by atoms with van der Waals surface area (Å²) in [7, 11) is 2.87. The second-order valence-electron chi connectivity index (χ2n) is 9.80. The molecule has 2 aliphatic rings. The molecular formula is C34H32Cl5NO2. The van der Waals surface area contributed by atoms with Gasteiger partial charge in [0.05, 0.1) is 20.1 Å². The van der Waals surface area contributed by atoms with Gasteiger partial charge in [0.25, 0.3) is 0 Å². The molecule has 0 saturated heterocycles. The van der Waals surface area contributed by atoms with Crippen molar-refractivity contribution in [2.75, 3.05) is 14.2 Å². The lowest BCUT2D eigenvalue weighted by molar-refractivity contribution is 0.0969. The van der Waals surface area contributed by atoms with Crippen molar-refractivity contribution in [2.45, 2.75) is 37.5 Å². The summed E-state index contributed by atoms with van der Waals surface area (Å²) in [6, 6.07) is 28.0. The molecule has 0 amide bonds. The lowest BCUT2D eigenvalue weighted by Crippen LogP contribution is -2.17. The summed E-state index contributed by atoms with van der Waals surface area (Å²) in [6.07, 6.45) is 3.47. The number of Topliss-reactive ketones (excluding diaryl/α,β-unsaturated/α-hetero) is 1. The lowest BCUT2D eigenvalue weighted by Gasteiger charge is -2.27. The van der Waals surface area contributed by atoms with Crippen molar-refractivity contribution in [3.63, 3.8) is 0 Å². The Labute approximate surface area is 273 Å². The summed E-state index contributed by atoms with van der Waals surface area (Å²) in [5.74, 6) is 0.821. The molecule has 6 rings (SSSR count). The maximum atomic E-state index is 11.9. The number of carbonyl (C=O) groups excluding carboxylic acids is 1. The molecule has 3 nitrogen and oxygen atoms in total. The highest BCUT2D eigenvalue weighted by molar-refractivity contribution is 6.42. The summed E-state index contributed by atoms with van der Waals surface area (Å²) >= 11 is 24.2. The van der Waals surface area contributed by atoms with Gasteiger partial charge in [-0.15, -0.1) is 12.4 Å². The van der Waals surface area contributed by atoms with Crippen molar-refractivity contribution in [3.8, 4) is 0 Å². The third-order valence-corrected chi connectivity index (χ3v) is 9.05. The number of nitrogens with zero attached hydrogens (tertiary/aromatic N) is 1. The zero-order chi connectivity index (χ0) is 29.5. The van der Waals surface area contributed by atoms with E-state index in [0.29, 0.717) is 32.4 Å².